The van der Waals surface area contributed by atoms with Crippen LogP contribution in [0.5, 0.6) is 5.75 Å². The maximum Gasteiger partial charge on any atom is 0.254 e. The van der Waals surface area contributed by atoms with Crippen LogP contribution >= 0.6 is 11.8 Å². The first kappa shape index (κ1) is 23.3. The lowest BCUT2D eigenvalue weighted by molar-refractivity contribution is -0.113. The lowest BCUT2D eigenvalue weighted by atomic mass is 10.2. The molecular weight excluding hydrogens is 433 g/mol. The molecule has 0 saturated carbocycles. The molecule has 0 aliphatic carbocycles. The van der Waals surface area contributed by atoms with Gasteiger partial charge in [0.2, 0.25) is 5.91 Å². The highest BCUT2D eigenvalue weighted by Crippen LogP contribution is 2.21. The summed E-state index contributed by atoms with van der Waals surface area (Å²) in [5.74, 6) is 0.0405. The Bertz CT molecular complexity index is 1090. The number of benzene rings is 2. The third-order valence-corrected chi connectivity index (χ3v) is 5.52. The summed E-state index contributed by atoms with van der Waals surface area (Å²) in [6.45, 7) is 4.21. The van der Waals surface area contributed by atoms with E-state index in [-0.39, 0.29) is 17.2 Å². The molecule has 2 aromatic carbocycles. The van der Waals surface area contributed by atoms with Crippen molar-refractivity contribution < 1.29 is 18.7 Å². The zero-order valence-corrected chi connectivity index (χ0v) is 18.8. The summed E-state index contributed by atoms with van der Waals surface area (Å²) in [5, 5.41) is 14.3. The highest BCUT2D eigenvalue weighted by molar-refractivity contribution is 7.99. The Kier molecular flexibility index (Phi) is 7.82. The fourth-order valence-electron chi connectivity index (χ4n) is 2.94. The van der Waals surface area contributed by atoms with Gasteiger partial charge in [-0.05, 0) is 50.2 Å². The van der Waals surface area contributed by atoms with Crippen LogP contribution < -0.4 is 15.4 Å². The summed E-state index contributed by atoms with van der Waals surface area (Å²) in [7, 11) is 1.74. The monoisotopic (exact) mass is 457 g/mol. The highest BCUT2D eigenvalue weighted by atomic mass is 32.2. The van der Waals surface area contributed by atoms with E-state index in [4.69, 9.17) is 4.74 Å². The van der Waals surface area contributed by atoms with Crippen LogP contribution in [0, 0.1) is 5.82 Å². The van der Waals surface area contributed by atoms with E-state index in [9.17, 15) is 14.0 Å². The number of ether oxygens (including phenoxy) is 1. The number of aromatic nitrogens is 3. The van der Waals surface area contributed by atoms with E-state index in [0.717, 1.165) is 5.75 Å². The summed E-state index contributed by atoms with van der Waals surface area (Å²) in [4.78, 5) is 24.6. The zero-order chi connectivity index (χ0) is 23.1. The summed E-state index contributed by atoms with van der Waals surface area (Å²) in [5.41, 5.74) is 0.629. The second-order valence-electron chi connectivity index (χ2n) is 6.87. The number of nitrogens with zero attached hydrogens (tertiary/aromatic N) is 3. The van der Waals surface area contributed by atoms with E-state index < -0.39 is 17.8 Å². The third kappa shape index (κ3) is 5.85. The zero-order valence-electron chi connectivity index (χ0n) is 18.0. The van der Waals surface area contributed by atoms with Gasteiger partial charge in [-0.3, -0.25) is 9.59 Å². The number of hydrogen-bond donors (Lipinski definition) is 2. The Balaban J connectivity index is 1.55. The molecule has 0 aliphatic rings. The molecule has 0 aliphatic heterocycles. The highest BCUT2D eigenvalue weighted by Gasteiger charge is 2.20. The van der Waals surface area contributed by atoms with Crippen molar-refractivity contribution in [3.8, 4) is 5.75 Å². The van der Waals surface area contributed by atoms with Gasteiger partial charge in [0, 0.05) is 12.7 Å². The van der Waals surface area contributed by atoms with Crippen molar-refractivity contribution >= 4 is 29.3 Å². The number of carbonyl (C=O) groups is 2. The topological polar surface area (TPSA) is 98.1 Å². The number of hydrogen-bond acceptors (Lipinski definition) is 6. The Hall–Kier alpha value is -3.40. The van der Waals surface area contributed by atoms with Gasteiger partial charge in [0.05, 0.1) is 24.0 Å². The molecule has 10 heteroatoms. The van der Waals surface area contributed by atoms with Gasteiger partial charge in [0.25, 0.3) is 5.91 Å². The van der Waals surface area contributed by atoms with Gasteiger partial charge in [-0.2, -0.15) is 0 Å². The molecule has 2 amide bonds. The number of thioether (sulfide) groups is 1. The smallest absolute Gasteiger partial charge is 0.254 e. The van der Waals surface area contributed by atoms with Crippen LogP contribution in [0.3, 0.4) is 0 Å². The second kappa shape index (κ2) is 10.8. The quantitative estimate of drug-likeness (QED) is 0.477. The lowest BCUT2D eigenvalue weighted by Gasteiger charge is -2.14. The van der Waals surface area contributed by atoms with Crippen LogP contribution in [0.25, 0.3) is 0 Å². The summed E-state index contributed by atoms with van der Waals surface area (Å²) < 4.78 is 20.9. The summed E-state index contributed by atoms with van der Waals surface area (Å²) in [6, 6.07) is 12.4. The molecule has 1 atom stereocenters. The molecule has 0 spiro atoms. The maximum atomic E-state index is 13.8. The standard InChI is InChI=1S/C22H24FN5O3S/c1-4-31-16-11-9-15(10-12-16)25-19(29)13-32-22-27-26-20(28(22)3)14(2)24-21(30)17-7-5-6-8-18(17)23/h5-12,14H,4,13H2,1-3H3,(H,24,30)(H,25,29). The molecule has 0 saturated heterocycles. The number of halogens is 1. The first-order valence-corrected chi connectivity index (χ1v) is 11.0. The van der Waals surface area contributed by atoms with Crippen LogP contribution in [0.1, 0.15) is 36.1 Å². The van der Waals surface area contributed by atoms with Crippen molar-refractivity contribution in [3.63, 3.8) is 0 Å². The SMILES string of the molecule is CCOc1ccc(NC(=O)CSc2nnc(C(C)NC(=O)c3ccccc3F)n2C)cc1. The number of rotatable bonds is 9. The number of carbonyl (C=O) groups excluding carboxylic acids is 2. The first-order chi connectivity index (χ1) is 15.4. The van der Waals surface area contributed by atoms with E-state index in [0.29, 0.717) is 23.3 Å². The fraction of sp³-hybridized carbons (Fsp3) is 0.273. The van der Waals surface area contributed by atoms with Gasteiger partial charge in [-0.15, -0.1) is 10.2 Å². The Morgan fingerprint density at radius 1 is 1.16 bits per heavy atom. The van der Waals surface area contributed by atoms with Gasteiger partial charge in [0.15, 0.2) is 11.0 Å². The molecule has 8 nitrogen and oxygen atoms in total. The van der Waals surface area contributed by atoms with Crippen molar-refractivity contribution in [1.82, 2.24) is 20.1 Å². The van der Waals surface area contributed by atoms with Crippen molar-refractivity contribution in [2.75, 3.05) is 17.7 Å². The molecule has 3 rings (SSSR count). The largest absolute Gasteiger partial charge is 0.494 e. The van der Waals surface area contributed by atoms with Crippen molar-refractivity contribution in [2.45, 2.75) is 25.0 Å². The summed E-state index contributed by atoms with van der Waals surface area (Å²) >= 11 is 1.22. The molecule has 0 fully saturated rings. The predicted octanol–water partition coefficient (Wildman–Crippen LogP) is 3.57. The van der Waals surface area contributed by atoms with Crippen molar-refractivity contribution in [3.05, 3.63) is 65.7 Å². The molecule has 0 bridgehead atoms. The normalized spacial score (nSPS) is 11.6. The Morgan fingerprint density at radius 3 is 2.56 bits per heavy atom. The van der Waals surface area contributed by atoms with Crippen LogP contribution in [0.2, 0.25) is 0 Å². The minimum absolute atomic E-state index is 0.0397. The second-order valence-corrected chi connectivity index (χ2v) is 7.81. The van der Waals surface area contributed by atoms with Crippen molar-refractivity contribution in [1.29, 1.82) is 0 Å². The van der Waals surface area contributed by atoms with Crippen molar-refractivity contribution in [2.24, 2.45) is 7.05 Å². The average Bonchev–Trinajstić information content (AvgIpc) is 3.14. The van der Waals surface area contributed by atoms with E-state index in [1.54, 1.807) is 48.9 Å². The van der Waals surface area contributed by atoms with Gasteiger partial charge < -0.3 is 19.9 Å². The molecule has 2 N–H and O–H groups in total. The van der Waals surface area contributed by atoms with E-state index in [2.05, 4.69) is 20.8 Å². The third-order valence-electron chi connectivity index (χ3n) is 4.50. The average molecular weight is 458 g/mol. The first-order valence-electron chi connectivity index (χ1n) is 9.99. The van der Waals surface area contributed by atoms with Gasteiger partial charge in [-0.1, -0.05) is 23.9 Å². The van der Waals surface area contributed by atoms with Crippen LogP contribution in [0.4, 0.5) is 10.1 Å². The molecule has 0 radical (unpaired) electrons. The predicted molar refractivity (Wildman–Crippen MR) is 120 cm³/mol. The number of anilines is 1. The summed E-state index contributed by atoms with van der Waals surface area (Å²) in [6.07, 6.45) is 0. The van der Waals surface area contributed by atoms with Crippen LogP contribution in [-0.4, -0.2) is 38.9 Å². The molecule has 168 valence electrons. The molecule has 1 unspecified atom stereocenters. The maximum absolute atomic E-state index is 13.8. The van der Waals surface area contributed by atoms with E-state index in [1.165, 1.54) is 30.0 Å². The molecular formula is C22H24FN5O3S. The van der Waals surface area contributed by atoms with Gasteiger partial charge in [0.1, 0.15) is 11.6 Å². The Labute approximate surface area is 189 Å². The number of amides is 2. The van der Waals surface area contributed by atoms with Crippen LogP contribution in [0.15, 0.2) is 53.7 Å². The lowest BCUT2D eigenvalue weighted by Crippen LogP contribution is -2.29. The van der Waals surface area contributed by atoms with E-state index in [1.807, 2.05) is 6.92 Å². The minimum atomic E-state index is -0.593. The molecule has 1 heterocycles. The van der Waals surface area contributed by atoms with Gasteiger partial charge >= 0.3 is 0 Å². The van der Waals surface area contributed by atoms with Gasteiger partial charge in [-0.25, -0.2) is 4.39 Å². The minimum Gasteiger partial charge on any atom is -0.494 e. The molecule has 3 aromatic rings. The molecule has 1 aromatic heterocycles. The van der Waals surface area contributed by atoms with Crippen LogP contribution in [-0.2, 0) is 11.8 Å². The van der Waals surface area contributed by atoms with E-state index >= 15 is 0 Å². The molecule has 32 heavy (non-hydrogen) atoms. The number of nitrogens with one attached hydrogen (secondary N) is 2. The Morgan fingerprint density at radius 2 is 1.88 bits per heavy atom. The fourth-order valence-corrected chi connectivity index (χ4v) is 3.66.